The quantitative estimate of drug-likeness (QED) is 0.231. The molecule has 0 aromatic heterocycles. The van der Waals surface area contributed by atoms with E-state index < -0.39 is 29.3 Å². The second kappa shape index (κ2) is 20.0. The van der Waals surface area contributed by atoms with Crippen LogP contribution in [0, 0.1) is 0 Å². The fourth-order valence-electron chi connectivity index (χ4n) is 4.36. The van der Waals surface area contributed by atoms with Crippen LogP contribution >= 0.6 is 0 Å². The van der Waals surface area contributed by atoms with Crippen molar-refractivity contribution in [1.82, 2.24) is 0 Å². The molecular formula is C37H30As2ClORh. The Morgan fingerprint density at radius 3 is 0.524 bits per heavy atom. The van der Waals surface area contributed by atoms with Gasteiger partial charge in [0.15, 0.2) is 0 Å². The SMILES string of the molecule is [C]=O.[Cl-].[Rh+].c1ccc([As](c2ccccc2)c2ccccc2)cc1.c1ccc([As](c2ccccc2)c2ccccc2)cc1. The summed E-state index contributed by atoms with van der Waals surface area (Å²) in [4.78, 5) is 7.50. The molecule has 210 valence electrons. The topological polar surface area (TPSA) is 17.1 Å². The van der Waals surface area contributed by atoms with Crippen LogP contribution in [0.25, 0.3) is 0 Å². The molecule has 0 aliphatic heterocycles. The molecule has 0 aliphatic carbocycles. The van der Waals surface area contributed by atoms with Crippen LogP contribution in [0.3, 0.4) is 0 Å². The van der Waals surface area contributed by atoms with Crippen molar-refractivity contribution < 1.29 is 36.7 Å². The summed E-state index contributed by atoms with van der Waals surface area (Å²) in [6.45, 7) is 4.50. The van der Waals surface area contributed by atoms with E-state index in [9.17, 15) is 0 Å². The van der Waals surface area contributed by atoms with Crippen LogP contribution in [-0.4, -0.2) is 36.1 Å². The maximum atomic E-state index is 7.50. The van der Waals surface area contributed by atoms with Crippen molar-refractivity contribution in [3.8, 4) is 0 Å². The van der Waals surface area contributed by atoms with E-state index in [2.05, 4.69) is 189 Å². The Hall–Kier alpha value is -2.98. The zero-order valence-corrected chi connectivity index (χ0v) is 29.0. The molecule has 0 bridgehead atoms. The molecule has 0 heterocycles. The van der Waals surface area contributed by atoms with E-state index in [0.717, 1.165) is 0 Å². The van der Waals surface area contributed by atoms with E-state index in [-0.39, 0.29) is 31.9 Å². The molecule has 0 fully saturated rings. The predicted molar refractivity (Wildman–Crippen MR) is 174 cm³/mol. The fraction of sp³-hybridized carbons (Fsp3) is 0. The van der Waals surface area contributed by atoms with Gasteiger partial charge in [-0.25, -0.2) is 0 Å². The zero-order valence-electron chi connectivity index (χ0n) is 22.8. The van der Waals surface area contributed by atoms with Gasteiger partial charge in [0.25, 0.3) is 6.79 Å². The Kier molecular flexibility index (Phi) is 16.8. The average Bonchev–Trinajstić information content (AvgIpc) is 3.06. The number of hydrogen-bond donors (Lipinski definition) is 0. The van der Waals surface area contributed by atoms with Crippen molar-refractivity contribution in [2.24, 2.45) is 0 Å². The molecule has 42 heavy (non-hydrogen) atoms. The first-order chi connectivity index (χ1) is 19.9. The van der Waals surface area contributed by atoms with E-state index in [1.54, 1.807) is 0 Å². The van der Waals surface area contributed by atoms with Crippen molar-refractivity contribution in [1.29, 1.82) is 0 Å². The van der Waals surface area contributed by atoms with Crippen LogP contribution in [0.15, 0.2) is 182 Å². The molecule has 6 rings (SSSR count). The van der Waals surface area contributed by atoms with Gasteiger partial charge < -0.3 is 12.4 Å². The second-order valence-electron chi connectivity index (χ2n) is 8.68. The van der Waals surface area contributed by atoms with Gasteiger partial charge in [-0.2, -0.15) is 0 Å². The molecule has 0 aliphatic rings. The summed E-state index contributed by atoms with van der Waals surface area (Å²) < 4.78 is 8.87. The van der Waals surface area contributed by atoms with Gasteiger partial charge in [0.05, 0.1) is 0 Å². The molecular weight excluding hydrogens is 749 g/mol. The predicted octanol–water partition coefficient (Wildman–Crippen LogP) is 1.01. The molecule has 0 unspecified atom stereocenters. The molecule has 1 nitrogen and oxygen atoms in total. The Balaban J connectivity index is 0.000000265. The van der Waals surface area contributed by atoms with Crippen molar-refractivity contribution in [3.05, 3.63) is 182 Å². The van der Waals surface area contributed by atoms with Gasteiger partial charge in [0.2, 0.25) is 0 Å². The Bertz CT molecular complexity index is 1200. The van der Waals surface area contributed by atoms with Crippen LogP contribution < -0.4 is 38.5 Å². The minimum atomic E-state index is -1.39. The van der Waals surface area contributed by atoms with Crippen molar-refractivity contribution in [3.63, 3.8) is 0 Å². The first kappa shape index (κ1) is 35.2. The average molecular weight is 779 g/mol. The summed E-state index contributed by atoms with van der Waals surface area (Å²) in [5, 5.41) is 0. The van der Waals surface area contributed by atoms with Gasteiger partial charge in [-0.15, -0.1) is 0 Å². The molecule has 5 heteroatoms. The van der Waals surface area contributed by atoms with Gasteiger partial charge >= 0.3 is 257 Å². The Morgan fingerprint density at radius 1 is 0.286 bits per heavy atom. The Morgan fingerprint density at radius 2 is 0.405 bits per heavy atom. The summed E-state index contributed by atoms with van der Waals surface area (Å²) in [5.41, 5.74) is 0. The number of carbonyl (C=O) groups excluding carboxylic acids is 1. The van der Waals surface area contributed by atoms with E-state index >= 15 is 0 Å². The van der Waals surface area contributed by atoms with Gasteiger partial charge in [-0.1, -0.05) is 0 Å². The van der Waals surface area contributed by atoms with Crippen molar-refractivity contribution in [2.45, 2.75) is 0 Å². The third kappa shape index (κ3) is 10.1. The van der Waals surface area contributed by atoms with Crippen LogP contribution in [0.5, 0.6) is 0 Å². The summed E-state index contributed by atoms with van der Waals surface area (Å²) >= 11 is -2.78. The monoisotopic (exact) mass is 778 g/mol. The molecule has 0 N–H and O–H groups in total. The van der Waals surface area contributed by atoms with Crippen LogP contribution in [0.4, 0.5) is 0 Å². The van der Waals surface area contributed by atoms with E-state index in [1.165, 1.54) is 26.1 Å². The normalized spacial score (nSPS) is 9.67. The standard InChI is InChI=1S/2C18H15As.CO.ClH.Rh/c2*1-4-10-16(11-5-1)19(17-12-6-2-7-13-17)18-14-8-3-9-15-18;1-2;;/h2*1-15H;;1H;/q;;;;+1/p-1. The number of halogens is 1. The summed E-state index contributed by atoms with van der Waals surface area (Å²) in [6, 6.07) is 65.4. The van der Waals surface area contributed by atoms with E-state index in [1.807, 2.05) is 0 Å². The summed E-state index contributed by atoms with van der Waals surface area (Å²) in [7, 11) is 0. The number of hydrogen-bond acceptors (Lipinski definition) is 1. The molecule has 0 atom stereocenters. The first-order valence-corrected chi connectivity index (χ1v) is 18.6. The summed E-state index contributed by atoms with van der Waals surface area (Å²) in [6.07, 6.45) is 0. The van der Waals surface area contributed by atoms with Gasteiger partial charge in [-0.3, -0.25) is 4.79 Å². The molecule has 0 amide bonds. The van der Waals surface area contributed by atoms with Gasteiger partial charge in [0.1, 0.15) is 0 Å². The first-order valence-electron chi connectivity index (χ1n) is 13.0. The number of benzene rings is 6. The minimum absolute atomic E-state index is 0. The van der Waals surface area contributed by atoms with Crippen LogP contribution in [0.1, 0.15) is 0 Å². The molecule has 0 spiro atoms. The van der Waals surface area contributed by atoms with Crippen molar-refractivity contribution in [2.75, 3.05) is 0 Å². The fourth-order valence-corrected chi connectivity index (χ4v) is 14.0. The third-order valence-corrected chi connectivity index (χ3v) is 16.3. The second-order valence-corrected chi connectivity index (χ2v) is 18.0. The van der Waals surface area contributed by atoms with Crippen LogP contribution in [0.2, 0.25) is 0 Å². The van der Waals surface area contributed by atoms with Crippen molar-refractivity contribution >= 4 is 62.2 Å². The van der Waals surface area contributed by atoms with E-state index in [0.29, 0.717) is 0 Å². The number of rotatable bonds is 6. The maximum absolute atomic E-state index is 7.50. The van der Waals surface area contributed by atoms with Crippen LogP contribution in [-0.2, 0) is 24.3 Å². The molecule has 2 radical (unpaired) electrons. The zero-order chi connectivity index (χ0) is 27.8. The van der Waals surface area contributed by atoms with E-state index in [4.69, 9.17) is 4.79 Å². The summed E-state index contributed by atoms with van der Waals surface area (Å²) in [5.74, 6) is 0. The molecule has 6 aromatic carbocycles. The third-order valence-electron chi connectivity index (χ3n) is 6.09. The molecule has 6 aromatic rings. The van der Waals surface area contributed by atoms with Gasteiger partial charge in [-0.05, 0) is 0 Å². The molecule has 0 saturated carbocycles. The Labute approximate surface area is 278 Å². The molecule has 0 saturated heterocycles. The van der Waals surface area contributed by atoms with Gasteiger partial charge in [0, 0.05) is 0 Å².